The van der Waals surface area contributed by atoms with Crippen molar-refractivity contribution in [1.29, 1.82) is 0 Å². The number of benzene rings is 1. The second-order valence-corrected chi connectivity index (χ2v) is 7.02. The van der Waals surface area contributed by atoms with Gasteiger partial charge in [0.1, 0.15) is 5.82 Å². The van der Waals surface area contributed by atoms with Crippen LogP contribution >= 0.6 is 0 Å². The van der Waals surface area contributed by atoms with Gasteiger partial charge in [0.05, 0.1) is 6.10 Å². The van der Waals surface area contributed by atoms with E-state index in [1.165, 1.54) is 12.1 Å². The summed E-state index contributed by atoms with van der Waals surface area (Å²) < 4.78 is 13.3. The Morgan fingerprint density at radius 1 is 1.32 bits per heavy atom. The van der Waals surface area contributed by atoms with Crippen LogP contribution in [0.4, 0.5) is 4.39 Å². The van der Waals surface area contributed by atoms with E-state index in [2.05, 4.69) is 0 Å². The molecule has 0 aliphatic carbocycles. The van der Waals surface area contributed by atoms with Crippen molar-refractivity contribution < 1.29 is 19.1 Å². The minimum atomic E-state index is -0.479. The Balaban J connectivity index is 1.54. The number of hydrogen-bond donors (Lipinski definition) is 1. The monoisotopic (exact) mass is 348 g/mol. The van der Waals surface area contributed by atoms with E-state index in [1.807, 2.05) is 6.07 Å². The molecule has 2 aliphatic rings. The summed E-state index contributed by atoms with van der Waals surface area (Å²) in [6.07, 6.45) is 2.39. The molecule has 0 aromatic heterocycles. The van der Waals surface area contributed by atoms with Crippen molar-refractivity contribution in [1.82, 2.24) is 9.80 Å². The molecule has 0 bridgehead atoms. The van der Waals surface area contributed by atoms with Gasteiger partial charge in [0, 0.05) is 44.9 Å². The minimum absolute atomic E-state index is 0.0239. The number of aliphatic hydroxyl groups is 1. The van der Waals surface area contributed by atoms with E-state index in [9.17, 15) is 19.1 Å². The maximum atomic E-state index is 13.3. The summed E-state index contributed by atoms with van der Waals surface area (Å²) in [5, 5.41) is 10.3. The quantitative estimate of drug-likeness (QED) is 0.879. The summed E-state index contributed by atoms with van der Waals surface area (Å²) in [4.78, 5) is 27.6. The van der Waals surface area contributed by atoms with Crippen molar-refractivity contribution in [3.63, 3.8) is 0 Å². The standard InChI is InChI=1S/C19H25FN2O3/c20-16-4-1-3-14(12-16)11-15-13-22(9-6-17(15)23)19(25)7-10-21-8-2-5-18(21)24/h1,3-4,12,15,17,23H,2,5-11,13H2/t15-,17+/m1/s1. The number of piperidine rings is 1. The largest absolute Gasteiger partial charge is 0.393 e. The number of aliphatic hydroxyl groups excluding tert-OH is 1. The highest BCUT2D eigenvalue weighted by molar-refractivity contribution is 5.80. The van der Waals surface area contributed by atoms with E-state index >= 15 is 0 Å². The summed E-state index contributed by atoms with van der Waals surface area (Å²) in [6, 6.07) is 6.38. The number of amides is 2. The average molecular weight is 348 g/mol. The summed E-state index contributed by atoms with van der Waals surface area (Å²) in [5.74, 6) is -0.222. The Labute approximate surface area is 147 Å². The predicted molar refractivity (Wildman–Crippen MR) is 91.2 cm³/mol. The molecule has 2 saturated heterocycles. The Kier molecular flexibility index (Phi) is 5.68. The topological polar surface area (TPSA) is 60.9 Å². The van der Waals surface area contributed by atoms with Crippen molar-refractivity contribution in [2.24, 2.45) is 5.92 Å². The van der Waals surface area contributed by atoms with Crippen molar-refractivity contribution in [3.05, 3.63) is 35.6 Å². The summed E-state index contributed by atoms with van der Waals surface area (Å²) in [6.45, 7) is 2.23. The zero-order valence-corrected chi connectivity index (χ0v) is 14.4. The molecule has 2 atom stereocenters. The molecule has 25 heavy (non-hydrogen) atoms. The fourth-order valence-corrected chi connectivity index (χ4v) is 3.74. The molecule has 2 amide bonds. The van der Waals surface area contributed by atoms with Gasteiger partial charge in [0.25, 0.3) is 0 Å². The molecule has 0 unspecified atom stereocenters. The molecule has 5 nitrogen and oxygen atoms in total. The number of likely N-dealkylation sites (tertiary alicyclic amines) is 2. The SMILES string of the molecule is O=C1CCCN1CCC(=O)N1CC[C@H](O)[C@H](Cc2cccc(F)c2)C1. The Bertz CT molecular complexity index is 637. The van der Waals surface area contributed by atoms with Gasteiger partial charge < -0.3 is 14.9 Å². The van der Waals surface area contributed by atoms with E-state index < -0.39 is 6.10 Å². The van der Waals surface area contributed by atoms with Crippen molar-refractivity contribution >= 4 is 11.8 Å². The maximum absolute atomic E-state index is 13.3. The molecule has 2 fully saturated rings. The average Bonchev–Trinajstić information content (AvgIpc) is 3.00. The number of rotatable bonds is 5. The lowest BCUT2D eigenvalue weighted by Crippen LogP contribution is -2.47. The van der Waals surface area contributed by atoms with Crippen LogP contribution in [0.2, 0.25) is 0 Å². The second kappa shape index (κ2) is 7.95. The molecular formula is C19H25FN2O3. The molecule has 136 valence electrons. The first-order valence-electron chi connectivity index (χ1n) is 9.01. The Hall–Kier alpha value is -1.95. The highest BCUT2D eigenvalue weighted by Gasteiger charge is 2.31. The van der Waals surface area contributed by atoms with Crippen LogP contribution in [-0.2, 0) is 16.0 Å². The number of carbonyl (C=O) groups is 2. The third-order valence-electron chi connectivity index (χ3n) is 5.20. The van der Waals surface area contributed by atoms with Gasteiger partial charge >= 0.3 is 0 Å². The summed E-state index contributed by atoms with van der Waals surface area (Å²) >= 11 is 0. The minimum Gasteiger partial charge on any atom is -0.393 e. The highest BCUT2D eigenvalue weighted by Crippen LogP contribution is 2.23. The normalized spacial score (nSPS) is 24.0. The van der Waals surface area contributed by atoms with Crippen molar-refractivity contribution in [2.75, 3.05) is 26.2 Å². The van der Waals surface area contributed by atoms with Crippen LogP contribution in [0.1, 0.15) is 31.2 Å². The van der Waals surface area contributed by atoms with E-state index in [4.69, 9.17) is 0 Å². The lowest BCUT2D eigenvalue weighted by atomic mass is 9.88. The third kappa shape index (κ3) is 4.57. The first kappa shape index (κ1) is 17.9. The molecule has 6 heteroatoms. The molecule has 2 heterocycles. The summed E-state index contributed by atoms with van der Waals surface area (Å²) in [7, 11) is 0. The van der Waals surface area contributed by atoms with Crippen molar-refractivity contribution in [3.8, 4) is 0 Å². The Morgan fingerprint density at radius 3 is 2.88 bits per heavy atom. The highest BCUT2D eigenvalue weighted by atomic mass is 19.1. The zero-order valence-electron chi connectivity index (χ0n) is 14.4. The van der Waals surface area contributed by atoms with Crippen LogP contribution in [0.3, 0.4) is 0 Å². The fraction of sp³-hybridized carbons (Fsp3) is 0.579. The van der Waals surface area contributed by atoms with Gasteiger partial charge in [-0.05, 0) is 37.0 Å². The molecule has 1 N–H and O–H groups in total. The molecule has 1 aromatic carbocycles. The number of carbonyl (C=O) groups excluding carboxylic acids is 2. The molecule has 3 rings (SSSR count). The van der Waals surface area contributed by atoms with Gasteiger partial charge in [-0.2, -0.15) is 0 Å². The zero-order chi connectivity index (χ0) is 17.8. The molecule has 1 aromatic rings. The van der Waals surface area contributed by atoms with Gasteiger partial charge in [-0.3, -0.25) is 9.59 Å². The van der Waals surface area contributed by atoms with Crippen LogP contribution in [0.15, 0.2) is 24.3 Å². The molecule has 0 saturated carbocycles. The second-order valence-electron chi connectivity index (χ2n) is 7.02. The van der Waals surface area contributed by atoms with Crippen LogP contribution in [0.5, 0.6) is 0 Å². The van der Waals surface area contributed by atoms with E-state index in [0.29, 0.717) is 45.3 Å². The Morgan fingerprint density at radius 2 is 2.16 bits per heavy atom. The summed E-state index contributed by atoms with van der Waals surface area (Å²) in [5.41, 5.74) is 0.834. The van der Waals surface area contributed by atoms with Crippen molar-refractivity contribution in [2.45, 2.75) is 38.2 Å². The van der Waals surface area contributed by atoms with Crippen LogP contribution in [0, 0.1) is 11.7 Å². The molecular weight excluding hydrogens is 323 g/mol. The van der Waals surface area contributed by atoms with E-state index in [1.54, 1.807) is 15.9 Å². The van der Waals surface area contributed by atoms with Crippen LogP contribution in [0.25, 0.3) is 0 Å². The first-order chi connectivity index (χ1) is 12.0. The van der Waals surface area contributed by atoms with Crippen LogP contribution < -0.4 is 0 Å². The third-order valence-corrected chi connectivity index (χ3v) is 5.20. The lowest BCUT2D eigenvalue weighted by molar-refractivity contribution is -0.136. The van der Waals surface area contributed by atoms with E-state index in [-0.39, 0.29) is 23.5 Å². The maximum Gasteiger partial charge on any atom is 0.224 e. The number of halogens is 1. The van der Waals surface area contributed by atoms with Gasteiger partial charge in [-0.1, -0.05) is 12.1 Å². The molecule has 0 spiro atoms. The van der Waals surface area contributed by atoms with Gasteiger partial charge in [0.15, 0.2) is 0 Å². The van der Waals surface area contributed by atoms with Crippen LogP contribution in [-0.4, -0.2) is 59.0 Å². The molecule has 0 radical (unpaired) electrons. The number of hydrogen-bond acceptors (Lipinski definition) is 3. The predicted octanol–water partition coefficient (Wildman–Crippen LogP) is 1.59. The van der Waals surface area contributed by atoms with Gasteiger partial charge in [-0.15, -0.1) is 0 Å². The lowest BCUT2D eigenvalue weighted by Gasteiger charge is -2.36. The van der Waals surface area contributed by atoms with Gasteiger partial charge in [-0.25, -0.2) is 4.39 Å². The fourth-order valence-electron chi connectivity index (χ4n) is 3.74. The van der Waals surface area contributed by atoms with E-state index in [0.717, 1.165) is 18.5 Å². The van der Waals surface area contributed by atoms with Gasteiger partial charge in [0.2, 0.25) is 11.8 Å². The first-order valence-corrected chi connectivity index (χ1v) is 9.01. The smallest absolute Gasteiger partial charge is 0.224 e. The number of nitrogens with zero attached hydrogens (tertiary/aromatic N) is 2. The molecule has 2 aliphatic heterocycles.